The third-order valence-electron chi connectivity index (χ3n) is 3.99. The topological polar surface area (TPSA) is 24.5 Å². The Labute approximate surface area is 123 Å². The fourth-order valence-electron chi connectivity index (χ4n) is 2.80. The lowest BCUT2D eigenvalue weighted by Gasteiger charge is -2.32. The molecule has 0 aliphatic carbocycles. The van der Waals surface area contributed by atoms with Gasteiger partial charge in [-0.1, -0.05) is 18.2 Å². The Balaban J connectivity index is 1.74. The van der Waals surface area contributed by atoms with Gasteiger partial charge in [-0.05, 0) is 52.3 Å². The first kappa shape index (κ1) is 15.3. The second kappa shape index (κ2) is 7.09. The van der Waals surface area contributed by atoms with Gasteiger partial charge in [-0.2, -0.15) is 0 Å². The minimum atomic E-state index is 0.213. The molecule has 1 aromatic rings. The molecule has 112 valence electrons. The molecule has 0 amide bonds. The predicted molar refractivity (Wildman–Crippen MR) is 84.3 cm³/mol. The SMILES string of the molecule is CC1CCNC(C)(C)CN1CCCOc1ccccc1. The van der Waals surface area contributed by atoms with Crippen LogP contribution in [0.5, 0.6) is 5.75 Å². The van der Waals surface area contributed by atoms with Gasteiger partial charge in [0.15, 0.2) is 0 Å². The normalized spacial score (nSPS) is 23.2. The second-order valence-electron chi connectivity index (χ2n) is 6.43. The number of hydrogen-bond acceptors (Lipinski definition) is 3. The van der Waals surface area contributed by atoms with Gasteiger partial charge in [0.25, 0.3) is 0 Å². The largest absolute Gasteiger partial charge is 0.494 e. The minimum Gasteiger partial charge on any atom is -0.494 e. The molecule has 0 aromatic heterocycles. The van der Waals surface area contributed by atoms with Crippen molar-refractivity contribution in [3.8, 4) is 5.75 Å². The van der Waals surface area contributed by atoms with E-state index in [-0.39, 0.29) is 5.54 Å². The van der Waals surface area contributed by atoms with Crippen molar-refractivity contribution in [2.75, 3.05) is 26.2 Å². The fourth-order valence-corrected chi connectivity index (χ4v) is 2.80. The lowest BCUT2D eigenvalue weighted by molar-refractivity contribution is 0.166. The summed E-state index contributed by atoms with van der Waals surface area (Å²) in [6.45, 7) is 11.0. The standard InChI is InChI=1S/C17H28N2O/c1-15-10-11-18-17(2,3)14-19(15)12-7-13-20-16-8-5-4-6-9-16/h4-6,8-9,15,18H,7,10-14H2,1-3H3. The maximum absolute atomic E-state index is 5.77. The van der Waals surface area contributed by atoms with Crippen molar-refractivity contribution < 1.29 is 4.74 Å². The average molecular weight is 276 g/mol. The highest BCUT2D eigenvalue weighted by atomic mass is 16.5. The highest BCUT2D eigenvalue weighted by molar-refractivity contribution is 5.20. The summed E-state index contributed by atoms with van der Waals surface area (Å²) in [4.78, 5) is 2.59. The van der Waals surface area contributed by atoms with E-state index in [1.165, 1.54) is 6.42 Å². The first-order valence-electron chi connectivity index (χ1n) is 7.74. The summed E-state index contributed by atoms with van der Waals surface area (Å²) in [6.07, 6.45) is 2.30. The van der Waals surface area contributed by atoms with E-state index in [4.69, 9.17) is 4.74 Å². The van der Waals surface area contributed by atoms with Crippen LogP contribution in [0.3, 0.4) is 0 Å². The molecule has 3 heteroatoms. The van der Waals surface area contributed by atoms with Gasteiger partial charge in [0.1, 0.15) is 5.75 Å². The van der Waals surface area contributed by atoms with Crippen molar-refractivity contribution in [3.63, 3.8) is 0 Å². The quantitative estimate of drug-likeness (QED) is 0.837. The van der Waals surface area contributed by atoms with E-state index >= 15 is 0 Å². The summed E-state index contributed by atoms with van der Waals surface area (Å²) in [5.74, 6) is 0.971. The van der Waals surface area contributed by atoms with E-state index < -0.39 is 0 Å². The van der Waals surface area contributed by atoms with Crippen LogP contribution in [0.2, 0.25) is 0 Å². The molecule has 1 unspecified atom stereocenters. The van der Waals surface area contributed by atoms with Gasteiger partial charge >= 0.3 is 0 Å². The average Bonchev–Trinajstić information content (AvgIpc) is 2.55. The Hall–Kier alpha value is -1.06. The van der Waals surface area contributed by atoms with Crippen molar-refractivity contribution >= 4 is 0 Å². The number of rotatable bonds is 5. The van der Waals surface area contributed by atoms with Crippen LogP contribution in [0, 0.1) is 0 Å². The summed E-state index contributed by atoms with van der Waals surface area (Å²) in [5, 5.41) is 3.62. The van der Waals surface area contributed by atoms with Gasteiger partial charge in [0, 0.05) is 24.7 Å². The molecule has 1 atom stereocenters. The van der Waals surface area contributed by atoms with Crippen LogP contribution in [0.15, 0.2) is 30.3 Å². The number of benzene rings is 1. The molecule has 1 aromatic carbocycles. The molecule has 0 saturated carbocycles. The molecule has 1 fully saturated rings. The predicted octanol–water partition coefficient (Wildman–Crippen LogP) is 2.92. The van der Waals surface area contributed by atoms with Gasteiger partial charge in [-0.3, -0.25) is 4.90 Å². The smallest absolute Gasteiger partial charge is 0.119 e. The number of hydrogen-bond donors (Lipinski definition) is 1. The minimum absolute atomic E-state index is 0.213. The number of nitrogens with one attached hydrogen (secondary N) is 1. The highest BCUT2D eigenvalue weighted by Gasteiger charge is 2.27. The van der Waals surface area contributed by atoms with Crippen LogP contribution >= 0.6 is 0 Å². The summed E-state index contributed by atoms with van der Waals surface area (Å²) in [5.41, 5.74) is 0.213. The third kappa shape index (κ3) is 4.80. The van der Waals surface area contributed by atoms with Crippen LogP contribution in [0.1, 0.15) is 33.6 Å². The zero-order valence-electron chi connectivity index (χ0n) is 13.1. The van der Waals surface area contributed by atoms with Crippen molar-refractivity contribution in [3.05, 3.63) is 30.3 Å². The zero-order valence-corrected chi connectivity index (χ0v) is 13.1. The van der Waals surface area contributed by atoms with Crippen LogP contribution in [-0.2, 0) is 0 Å². The molecule has 1 N–H and O–H groups in total. The second-order valence-corrected chi connectivity index (χ2v) is 6.43. The molecule has 20 heavy (non-hydrogen) atoms. The molecule has 3 nitrogen and oxygen atoms in total. The Morgan fingerprint density at radius 3 is 2.80 bits per heavy atom. The number of ether oxygens (including phenoxy) is 1. The van der Waals surface area contributed by atoms with E-state index in [0.717, 1.165) is 38.4 Å². The van der Waals surface area contributed by atoms with Crippen molar-refractivity contribution in [2.24, 2.45) is 0 Å². The molecule has 2 rings (SSSR count). The maximum Gasteiger partial charge on any atom is 0.119 e. The molecule has 0 radical (unpaired) electrons. The third-order valence-corrected chi connectivity index (χ3v) is 3.99. The van der Waals surface area contributed by atoms with Crippen LogP contribution in [0.25, 0.3) is 0 Å². The van der Waals surface area contributed by atoms with Crippen molar-refractivity contribution in [1.29, 1.82) is 0 Å². The Bertz CT molecular complexity index is 391. The maximum atomic E-state index is 5.77. The lowest BCUT2D eigenvalue weighted by Crippen LogP contribution is -2.47. The molecule has 1 aliphatic rings. The fraction of sp³-hybridized carbons (Fsp3) is 0.647. The van der Waals surface area contributed by atoms with E-state index in [0.29, 0.717) is 6.04 Å². The number of para-hydroxylation sites is 1. The van der Waals surface area contributed by atoms with Gasteiger partial charge < -0.3 is 10.1 Å². The lowest BCUT2D eigenvalue weighted by atomic mass is 10.1. The molecule has 1 saturated heterocycles. The first-order valence-corrected chi connectivity index (χ1v) is 7.74. The monoisotopic (exact) mass is 276 g/mol. The van der Waals surface area contributed by atoms with E-state index in [1.807, 2.05) is 30.3 Å². The van der Waals surface area contributed by atoms with Gasteiger partial charge in [0.05, 0.1) is 6.61 Å². The molecule has 0 spiro atoms. The molecular weight excluding hydrogens is 248 g/mol. The van der Waals surface area contributed by atoms with E-state index in [2.05, 4.69) is 31.0 Å². The van der Waals surface area contributed by atoms with Crippen LogP contribution in [-0.4, -0.2) is 42.7 Å². The molecule has 1 heterocycles. The van der Waals surface area contributed by atoms with Crippen LogP contribution < -0.4 is 10.1 Å². The summed E-state index contributed by atoms with van der Waals surface area (Å²) in [6, 6.07) is 10.7. The summed E-state index contributed by atoms with van der Waals surface area (Å²) in [7, 11) is 0. The summed E-state index contributed by atoms with van der Waals surface area (Å²) >= 11 is 0. The molecule has 0 bridgehead atoms. The van der Waals surface area contributed by atoms with Crippen molar-refractivity contribution in [1.82, 2.24) is 10.2 Å². The van der Waals surface area contributed by atoms with E-state index in [9.17, 15) is 0 Å². The van der Waals surface area contributed by atoms with Gasteiger partial charge in [0.2, 0.25) is 0 Å². The van der Waals surface area contributed by atoms with Crippen LogP contribution in [0.4, 0.5) is 0 Å². The molecule has 1 aliphatic heterocycles. The van der Waals surface area contributed by atoms with Gasteiger partial charge in [-0.25, -0.2) is 0 Å². The zero-order chi connectivity index (χ0) is 14.4. The Morgan fingerprint density at radius 2 is 2.05 bits per heavy atom. The highest BCUT2D eigenvalue weighted by Crippen LogP contribution is 2.16. The van der Waals surface area contributed by atoms with Crippen molar-refractivity contribution in [2.45, 2.75) is 45.2 Å². The van der Waals surface area contributed by atoms with Gasteiger partial charge in [-0.15, -0.1) is 0 Å². The molecular formula is C17H28N2O. The Kier molecular flexibility index (Phi) is 5.44. The number of nitrogens with zero attached hydrogens (tertiary/aromatic N) is 1. The Morgan fingerprint density at radius 1 is 1.30 bits per heavy atom. The summed E-state index contributed by atoms with van der Waals surface area (Å²) < 4.78 is 5.77. The first-order chi connectivity index (χ1) is 9.57. The van der Waals surface area contributed by atoms with E-state index in [1.54, 1.807) is 0 Å².